The van der Waals surface area contributed by atoms with Crippen LogP contribution in [0.2, 0.25) is 0 Å². The fraction of sp³-hybridized carbons (Fsp3) is 0.538. The average Bonchev–Trinajstić information content (AvgIpc) is 2.69. The number of rotatable bonds is 2. The third-order valence-corrected chi connectivity index (χ3v) is 3.71. The van der Waals surface area contributed by atoms with E-state index >= 15 is 0 Å². The highest BCUT2D eigenvalue weighted by atomic mass is 15.1. The van der Waals surface area contributed by atoms with E-state index in [0.717, 1.165) is 18.7 Å². The summed E-state index contributed by atoms with van der Waals surface area (Å²) in [5.74, 6) is 0.829. The van der Waals surface area contributed by atoms with Crippen molar-refractivity contribution >= 4 is 5.82 Å². The number of anilines is 1. The van der Waals surface area contributed by atoms with Crippen molar-refractivity contribution in [3.63, 3.8) is 0 Å². The van der Waals surface area contributed by atoms with E-state index in [1.165, 1.54) is 12.8 Å². The highest BCUT2D eigenvalue weighted by Gasteiger charge is 2.33. The Labute approximate surface area is 101 Å². The fourth-order valence-corrected chi connectivity index (χ4v) is 2.96. The standard InChI is InChI=1S/C13H16N4/c14-8-9-3-4-15-13(5-9)17-12-6-10-1-2-11(7-12)16-10/h3-5,10-12,16H,1-2,6-7H2,(H,15,17). The highest BCUT2D eigenvalue weighted by molar-refractivity contribution is 5.43. The number of fused-ring (bicyclic) bond motifs is 2. The zero-order chi connectivity index (χ0) is 11.7. The third kappa shape index (κ3) is 2.25. The lowest BCUT2D eigenvalue weighted by Crippen LogP contribution is -2.43. The molecule has 4 heteroatoms. The summed E-state index contributed by atoms with van der Waals surface area (Å²) in [4.78, 5) is 4.27. The monoisotopic (exact) mass is 228 g/mol. The van der Waals surface area contributed by atoms with Gasteiger partial charge in [0, 0.05) is 24.3 Å². The Morgan fingerprint density at radius 2 is 2.12 bits per heavy atom. The van der Waals surface area contributed by atoms with Crippen LogP contribution in [0.3, 0.4) is 0 Å². The summed E-state index contributed by atoms with van der Waals surface area (Å²) in [6.45, 7) is 0. The lowest BCUT2D eigenvalue weighted by atomic mass is 10.00. The highest BCUT2D eigenvalue weighted by Crippen LogP contribution is 2.28. The molecule has 0 amide bonds. The van der Waals surface area contributed by atoms with Crippen molar-refractivity contribution in [1.82, 2.24) is 10.3 Å². The molecule has 88 valence electrons. The van der Waals surface area contributed by atoms with E-state index < -0.39 is 0 Å². The third-order valence-electron chi connectivity index (χ3n) is 3.71. The molecule has 0 aliphatic carbocycles. The van der Waals surface area contributed by atoms with Crippen molar-refractivity contribution in [2.75, 3.05) is 5.32 Å². The fourth-order valence-electron chi connectivity index (χ4n) is 2.96. The Balaban J connectivity index is 1.68. The van der Waals surface area contributed by atoms with Crippen LogP contribution in [0.15, 0.2) is 18.3 Å². The molecular weight excluding hydrogens is 212 g/mol. The summed E-state index contributed by atoms with van der Waals surface area (Å²) < 4.78 is 0. The van der Waals surface area contributed by atoms with Crippen molar-refractivity contribution in [3.8, 4) is 6.07 Å². The van der Waals surface area contributed by atoms with Crippen LogP contribution in [0.4, 0.5) is 5.82 Å². The molecule has 17 heavy (non-hydrogen) atoms. The quantitative estimate of drug-likeness (QED) is 0.808. The van der Waals surface area contributed by atoms with E-state index in [9.17, 15) is 0 Å². The first-order valence-electron chi connectivity index (χ1n) is 6.22. The minimum Gasteiger partial charge on any atom is -0.367 e. The van der Waals surface area contributed by atoms with Gasteiger partial charge in [0.05, 0.1) is 11.6 Å². The number of nitriles is 1. The SMILES string of the molecule is N#Cc1ccnc(NC2CC3CCC(C2)N3)c1. The molecule has 4 nitrogen and oxygen atoms in total. The first kappa shape index (κ1) is 10.5. The number of nitrogens with zero attached hydrogens (tertiary/aromatic N) is 2. The Morgan fingerprint density at radius 1 is 1.35 bits per heavy atom. The first-order chi connectivity index (χ1) is 8.33. The summed E-state index contributed by atoms with van der Waals surface area (Å²) in [5, 5.41) is 15.9. The molecule has 3 heterocycles. The molecule has 0 aromatic carbocycles. The molecule has 2 aliphatic rings. The normalized spacial score (nSPS) is 30.9. The van der Waals surface area contributed by atoms with Gasteiger partial charge in [0.15, 0.2) is 0 Å². The minimum absolute atomic E-state index is 0.496. The van der Waals surface area contributed by atoms with Crippen LogP contribution >= 0.6 is 0 Å². The van der Waals surface area contributed by atoms with Gasteiger partial charge in [-0.25, -0.2) is 4.98 Å². The summed E-state index contributed by atoms with van der Waals surface area (Å²) >= 11 is 0. The lowest BCUT2D eigenvalue weighted by molar-refractivity contribution is 0.377. The second-order valence-corrected chi connectivity index (χ2v) is 4.99. The van der Waals surface area contributed by atoms with Gasteiger partial charge in [-0.05, 0) is 37.8 Å². The van der Waals surface area contributed by atoms with Crippen LogP contribution in [-0.4, -0.2) is 23.1 Å². The van der Waals surface area contributed by atoms with Crippen molar-refractivity contribution < 1.29 is 0 Å². The smallest absolute Gasteiger partial charge is 0.127 e. The van der Waals surface area contributed by atoms with E-state index in [1.807, 2.05) is 6.07 Å². The number of pyridine rings is 1. The van der Waals surface area contributed by atoms with E-state index in [4.69, 9.17) is 5.26 Å². The molecule has 1 aromatic heterocycles. The van der Waals surface area contributed by atoms with E-state index in [1.54, 1.807) is 12.3 Å². The molecule has 2 atom stereocenters. The van der Waals surface area contributed by atoms with E-state index in [0.29, 0.717) is 23.7 Å². The molecule has 0 saturated carbocycles. The summed E-state index contributed by atoms with van der Waals surface area (Å²) in [5.41, 5.74) is 0.666. The molecule has 0 radical (unpaired) electrons. The molecule has 2 bridgehead atoms. The van der Waals surface area contributed by atoms with Crippen LogP contribution in [-0.2, 0) is 0 Å². The lowest BCUT2D eigenvalue weighted by Gasteiger charge is -2.30. The summed E-state index contributed by atoms with van der Waals surface area (Å²) in [6, 6.07) is 7.54. The van der Waals surface area contributed by atoms with Crippen molar-refractivity contribution in [2.24, 2.45) is 0 Å². The molecule has 2 unspecified atom stereocenters. The number of aromatic nitrogens is 1. The van der Waals surface area contributed by atoms with Crippen LogP contribution in [0.1, 0.15) is 31.2 Å². The first-order valence-corrected chi connectivity index (χ1v) is 6.22. The van der Waals surface area contributed by atoms with E-state index in [2.05, 4.69) is 21.7 Å². The molecule has 0 spiro atoms. The zero-order valence-electron chi connectivity index (χ0n) is 9.69. The van der Waals surface area contributed by atoms with Gasteiger partial charge < -0.3 is 10.6 Å². The van der Waals surface area contributed by atoms with Crippen LogP contribution in [0.25, 0.3) is 0 Å². The van der Waals surface area contributed by atoms with Crippen LogP contribution < -0.4 is 10.6 Å². The molecule has 3 rings (SSSR count). The Morgan fingerprint density at radius 3 is 2.82 bits per heavy atom. The van der Waals surface area contributed by atoms with Crippen LogP contribution in [0, 0.1) is 11.3 Å². The van der Waals surface area contributed by atoms with Gasteiger partial charge in [-0.3, -0.25) is 0 Å². The number of hydrogen-bond acceptors (Lipinski definition) is 4. The predicted octanol–water partition coefficient (Wildman–Crippen LogP) is 1.65. The maximum Gasteiger partial charge on any atom is 0.127 e. The van der Waals surface area contributed by atoms with Crippen molar-refractivity contribution in [2.45, 2.75) is 43.8 Å². The molecular formula is C13H16N4. The number of nitrogens with one attached hydrogen (secondary N) is 2. The predicted molar refractivity (Wildman–Crippen MR) is 65.5 cm³/mol. The van der Waals surface area contributed by atoms with Gasteiger partial charge in [-0.1, -0.05) is 0 Å². The van der Waals surface area contributed by atoms with Crippen LogP contribution in [0.5, 0.6) is 0 Å². The second kappa shape index (κ2) is 4.34. The zero-order valence-corrected chi connectivity index (χ0v) is 9.69. The Bertz CT molecular complexity index is 439. The maximum absolute atomic E-state index is 8.85. The van der Waals surface area contributed by atoms with Gasteiger partial charge in [-0.15, -0.1) is 0 Å². The minimum atomic E-state index is 0.496. The number of hydrogen-bond donors (Lipinski definition) is 2. The van der Waals surface area contributed by atoms with Crippen molar-refractivity contribution in [1.29, 1.82) is 5.26 Å². The second-order valence-electron chi connectivity index (χ2n) is 4.99. The summed E-state index contributed by atoms with van der Waals surface area (Å²) in [7, 11) is 0. The van der Waals surface area contributed by atoms with Gasteiger partial charge in [-0.2, -0.15) is 5.26 Å². The van der Waals surface area contributed by atoms with Crippen molar-refractivity contribution in [3.05, 3.63) is 23.9 Å². The Kier molecular flexibility index (Phi) is 2.69. The Hall–Kier alpha value is -1.60. The molecule has 1 aromatic rings. The van der Waals surface area contributed by atoms with Gasteiger partial charge in [0.1, 0.15) is 5.82 Å². The molecule has 2 aliphatic heterocycles. The molecule has 2 N–H and O–H groups in total. The van der Waals surface area contributed by atoms with Gasteiger partial charge in [0.2, 0.25) is 0 Å². The van der Waals surface area contributed by atoms with Gasteiger partial charge in [0.25, 0.3) is 0 Å². The summed E-state index contributed by atoms with van der Waals surface area (Å²) in [6.07, 6.45) is 6.61. The van der Waals surface area contributed by atoms with E-state index in [-0.39, 0.29) is 0 Å². The molecule has 2 saturated heterocycles. The average molecular weight is 228 g/mol. The van der Waals surface area contributed by atoms with Gasteiger partial charge >= 0.3 is 0 Å². The number of piperidine rings is 1. The topological polar surface area (TPSA) is 60.7 Å². The maximum atomic E-state index is 8.85. The molecule has 2 fully saturated rings. The largest absolute Gasteiger partial charge is 0.367 e.